The number of carbonyl (C=O) groups excluding carboxylic acids is 1. The number of hydrogen-bond acceptors (Lipinski definition) is 2. The predicted octanol–water partition coefficient (Wildman–Crippen LogP) is 3.20. The Hall–Kier alpha value is -1.38. The molecule has 0 aliphatic carbocycles. The molecule has 0 heterocycles. The molecule has 0 aliphatic rings. The van der Waals surface area contributed by atoms with Gasteiger partial charge in [-0.2, -0.15) is 0 Å². The zero-order valence-electron chi connectivity index (χ0n) is 9.87. The lowest BCUT2D eigenvalue weighted by Gasteiger charge is -2.15. The van der Waals surface area contributed by atoms with E-state index in [1.54, 1.807) is 26.0 Å². The molecular weight excluding hydrogens is 207 g/mol. The first kappa shape index (κ1) is 12.7. The summed E-state index contributed by atoms with van der Waals surface area (Å²) in [6, 6.07) is 7.07. The fourth-order valence-corrected chi connectivity index (χ4v) is 1.43. The number of carbonyl (C=O) groups is 1. The number of hydrogen-bond donors (Lipinski definition) is 0. The van der Waals surface area contributed by atoms with Gasteiger partial charge in [0.1, 0.15) is 6.17 Å². The smallest absolute Gasteiger partial charge is 0.311 e. The molecule has 0 aromatic heterocycles. The summed E-state index contributed by atoms with van der Waals surface area (Å²) in [5.41, 5.74) is 1.59. The Balaban J connectivity index is 2.73. The summed E-state index contributed by atoms with van der Waals surface area (Å²) in [5, 5.41) is 0. The molecule has 0 spiro atoms. The number of halogens is 1. The second-order valence-corrected chi connectivity index (χ2v) is 3.85. The molecule has 88 valence electrons. The van der Waals surface area contributed by atoms with Crippen LogP contribution in [0.25, 0.3) is 0 Å². The molecule has 1 rings (SSSR count). The van der Waals surface area contributed by atoms with E-state index in [9.17, 15) is 9.18 Å². The lowest BCUT2D eigenvalue weighted by Crippen LogP contribution is -2.19. The SMILES string of the molecule is CCOC(=O)[C@@H](C)C(F)c1ccc(C)cc1. The molecule has 1 aromatic carbocycles. The third kappa shape index (κ3) is 3.05. The Morgan fingerprint density at radius 2 is 1.94 bits per heavy atom. The first-order chi connectivity index (χ1) is 7.56. The summed E-state index contributed by atoms with van der Waals surface area (Å²) in [4.78, 5) is 11.4. The standard InChI is InChI=1S/C13H17FO2/c1-4-16-13(15)10(3)12(14)11-7-5-9(2)6-8-11/h5-8,10,12H,4H2,1-3H3/t10-,12?/m0/s1. The normalized spacial score (nSPS) is 14.2. The highest BCUT2D eigenvalue weighted by Crippen LogP contribution is 2.27. The van der Waals surface area contributed by atoms with E-state index >= 15 is 0 Å². The number of esters is 1. The van der Waals surface area contributed by atoms with Crippen LogP contribution < -0.4 is 0 Å². The Labute approximate surface area is 95.4 Å². The Bertz CT molecular complexity index is 345. The Kier molecular flexibility index (Phi) is 4.47. The Morgan fingerprint density at radius 1 is 1.38 bits per heavy atom. The second kappa shape index (κ2) is 5.64. The van der Waals surface area contributed by atoms with Crippen molar-refractivity contribution in [3.8, 4) is 0 Å². The predicted molar refractivity (Wildman–Crippen MR) is 60.8 cm³/mol. The van der Waals surface area contributed by atoms with Gasteiger partial charge in [-0.05, 0) is 26.3 Å². The lowest BCUT2D eigenvalue weighted by molar-refractivity contribution is -0.149. The summed E-state index contributed by atoms with van der Waals surface area (Å²) in [5.74, 6) is -1.25. The van der Waals surface area contributed by atoms with Gasteiger partial charge in [-0.15, -0.1) is 0 Å². The van der Waals surface area contributed by atoms with Crippen molar-refractivity contribution >= 4 is 5.97 Å². The number of aryl methyl sites for hydroxylation is 1. The van der Waals surface area contributed by atoms with E-state index in [1.807, 2.05) is 19.1 Å². The van der Waals surface area contributed by atoms with Gasteiger partial charge in [0.25, 0.3) is 0 Å². The number of ether oxygens (including phenoxy) is 1. The van der Waals surface area contributed by atoms with Crippen LogP contribution in [0.5, 0.6) is 0 Å². The van der Waals surface area contributed by atoms with Gasteiger partial charge in [0, 0.05) is 0 Å². The van der Waals surface area contributed by atoms with Crippen molar-refractivity contribution in [3.05, 3.63) is 35.4 Å². The van der Waals surface area contributed by atoms with Crippen LogP contribution in [0.1, 0.15) is 31.1 Å². The molecule has 2 atom stereocenters. The third-order valence-corrected chi connectivity index (χ3v) is 2.49. The first-order valence-electron chi connectivity index (χ1n) is 5.43. The van der Waals surface area contributed by atoms with E-state index in [4.69, 9.17) is 4.74 Å². The fraction of sp³-hybridized carbons (Fsp3) is 0.462. The van der Waals surface area contributed by atoms with E-state index in [1.165, 1.54) is 0 Å². The molecule has 0 radical (unpaired) electrons. The third-order valence-electron chi connectivity index (χ3n) is 2.49. The van der Waals surface area contributed by atoms with Gasteiger partial charge in [0.2, 0.25) is 0 Å². The first-order valence-corrected chi connectivity index (χ1v) is 5.43. The van der Waals surface area contributed by atoms with Crippen LogP contribution in [-0.2, 0) is 9.53 Å². The maximum atomic E-state index is 13.9. The minimum Gasteiger partial charge on any atom is -0.466 e. The minimum absolute atomic E-state index is 0.282. The molecule has 0 amide bonds. The van der Waals surface area contributed by atoms with Crippen molar-refractivity contribution in [1.29, 1.82) is 0 Å². The average Bonchev–Trinajstić information content (AvgIpc) is 2.28. The van der Waals surface area contributed by atoms with Crippen molar-refractivity contribution in [3.63, 3.8) is 0 Å². The summed E-state index contributed by atoms with van der Waals surface area (Å²) in [6.07, 6.45) is -1.31. The molecule has 0 saturated carbocycles. The second-order valence-electron chi connectivity index (χ2n) is 3.85. The van der Waals surface area contributed by atoms with Crippen molar-refractivity contribution in [1.82, 2.24) is 0 Å². The van der Waals surface area contributed by atoms with Crippen molar-refractivity contribution in [2.75, 3.05) is 6.61 Å². The molecule has 0 aliphatic heterocycles. The fourth-order valence-electron chi connectivity index (χ4n) is 1.43. The maximum Gasteiger partial charge on any atom is 0.311 e. The molecule has 1 aromatic rings. The van der Waals surface area contributed by atoms with Gasteiger partial charge >= 0.3 is 5.97 Å². The molecule has 2 nitrogen and oxygen atoms in total. The molecular formula is C13H17FO2. The number of rotatable bonds is 4. The zero-order chi connectivity index (χ0) is 12.1. The summed E-state index contributed by atoms with van der Waals surface area (Å²) in [7, 11) is 0. The molecule has 0 saturated heterocycles. The Morgan fingerprint density at radius 3 is 2.44 bits per heavy atom. The monoisotopic (exact) mass is 224 g/mol. The molecule has 1 unspecified atom stereocenters. The topological polar surface area (TPSA) is 26.3 Å². The molecule has 0 fully saturated rings. The van der Waals surface area contributed by atoms with E-state index in [0.29, 0.717) is 5.56 Å². The van der Waals surface area contributed by atoms with Gasteiger partial charge < -0.3 is 4.74 Å². The van der Waals surface area contributed by atoms with Crippen LogP contribution >= 0.6 is 0 Å². The molecule has 0 bridgehead atoms. The van der Waals surface area contributed by atoms with Crippen molar-refractivity contribution in [2.45, 2.75) is 26.9 Å². The highest BCUT2D eigenvalue weighted by atomic mass is 19.1. The van der Waals surface area contributed by atoms with Crippen LogP contribution in [0.3, 0.4) is 0 Å². The molecule has 3 heteroatoms. The maximum absolute atomic E-state index is 13.9. The van der Waals surface area contributed by atoms with E-state index in [0.717, 1.165) is 5.56 Å². The summed E-state index contributed by atoms with van der Waals surface area (Å²) >= 11 is 0. The van der Waals surface area contributed by atoms with Crippen molar-refractivity contribution < 1.29 is 13.9 Å². The average molecular weight is 224 g/mol. The highest BCUT2D eigenvalue weighted by Gasteiger charge is 2.26. The van der Waals surface area contributed by atoms with Crippen LogP contribution in [0.4, 0.5) is 4.39 Å². The summed E-state index contributed by atoms with van der Waals surface area (Å²) in [6.45, 7) is 5.47. The quantitative estimate of drug-likeness (QED) is 0.734. The molecule has 0 N–H and O–H groups in total. The van der Waals surface area contributed by atoms with E-state index in [-0.39, 0.29) is 6.61 Å². The van der Waals surface area contributed by atoms with Gasteiger partial charge in [-0.3, -0.25) is 4.79 Å². The lowest BCUT2D eigenvalue weighted by atomic mass is 9.98. The van der Waals surface area contributed by atoms with Crippen LogP contribution in [0.15, 0.2) is 24.3 Å². The largest absolute Gasteiger partial charge is 0.466 e. The minimum atomic E-state index is -1.31. The van der Waals surface area contributed by atoms with Crippen LogP contribution in [0.2, 0.25) is 0 Å². The van der Waals surface area contributed by atoms with Gasteiger partial charge in [-0.1, -0.05) is 29.8 Å². The van der Waals surface area contributed by atoms with Crippen LogP contribution in [-0.4, -0.2) is 12.6 Å². The molecule has 16 heavy (non-hydrogen) atoms. The van der Waals surface area contributed by atoms with E-state index in [2.05, 4.69) is 0 Å². The summed E-state index contributed by atoms with van der Waals surface area (Å²) < 4.78 is 18.7. The zero-order valence-corrected chi connectivity index (χ0v) is 9.87. The van der Waals surface area contributed by atoms with Crippen LogP contribution in [0, 0.1) is 12.8 Å². The van der Waals surface area contributed by atoms with Gasteiger partial charge in [-0.25, -0.2) is 4.39 Å². The van der Waals surface area contributed by atoms with Gasteiger partial charge in [0.05, 0.1) is 12.5 Å². The van der Waals surface area contributed by atoms with Gasteiger partial charge in [0.15, 0.2) is 0 Å². The highest BCUT2D eigenvalue weighted by molar-refractivity contribution is 5.73. The number of alkyl halides is 1. The number of benzene rings is 1. The van der Waals surface area contributed by atoms with E-state index < -0.39 is 18.1 Å². The van der Waals surface area contributed by atoms with Crippen molar-refractivity contribution in [2.24, 2.45) is 5.92 Å².